The Morgan fingerprint density at radius 2 is 1.38 bits per heavy atom. The zero-order chi connectivity index (χ0) is 19.8. The van der Waals surface area contributed by atoms with Crippen LogP contribution in [-0.2, 0) is 5.41 Å². The molecule has 0 saturated heterocycles. The van der Waals surface area contributed by atoms with Crippen molar-refractivity contribution in [1.29, 1.82) is 0 Å². The molecule has 0 unspecified atom stereocenters. The second-order valence-electron chi connectivity index (χ2n) is 7.66. The van der Waals surface area contributed by atoms with E-state index >= 15 is 0 Å². The smallest absolute Gasteiger partial charge is 0.149 e. The van der Waals surface area contributed by atoms with Gasteiger partial charge in [0.15, 0.2) is 0 Å². The summed E-state index contributed by atoms with van der Waals surface area (Å²) in [5.41, 5.74) is 6.58. The van der Waals surface area contributed by atoms with E-state index in [9.17, 15) is 0 Å². The van der Waals surface area contributed by atoms with Gasteiger partial charge in [-0.2, -0.15) is 0 Å². The number of benzene rings is 4. The van der Waals surface area contributed by atoms with Gasteiger partial charge in [0.1, 0.15) is 12.4 Å². The minimum absolute atomic E-state index is 0.159. The Bertz CT molecular complexity index is 1240. The summed E-state index contributed by atoms with van der Waals surface area (Å²) in [4.78, 5) is 0. The van der Waals surface area contributed by atoms with Crippen molar-refractivity contribution in [2.45, 2.75) is 19.3 Å². The summed E-state index contributed by atoms with van der Waals surface area (Å²) in [7, 11) is 0. The first kappa shape index (κ1) is 17.6. The van der Waals surface area contributed by atoms with Crippen LogP contribution in [-0.4, -0.2) is 6.61 Å². The molecule has 0 bridgehead atoms. The van der Waals surface area contributed by atoms with Crippen LogP contribution in [0.25, 0.3) is 21.9 Å². The largest absolute Gasteiger partial charge is 0.481 e. The van der Waals surface area contributed by atoms with Crippen LogP contribution < -0.4 is 4.74 Å². The van der Waals surface area contributed by atoms with Crippen LogP contribution in [0.5, 0.6) is 5.75 Å². The fourth-order valence-corrected chi connectivity index (χ4v) is 4.58. The van der Waals surface area contributed by atoms with Gasteiger partial charge in [-0.3, -0.25) is 0 Å². The summed E-state index contributed by atoms with van der Waals surface area (Å²) in [5, 5.41) is 2.40. The lowest BCUT2D eigenvalue weighted by Crippen LogP contribution is -2.22. The van der Waals surface area contributed by atoms with Gasteiger partial charge >= 0.3 is 0 Å². The van der Waals surface area contributed by atoms with Gasteiger partial charge in [-0.25, -0.2) is 0 Å². The zero-order valence-corrected chi connectivity index (χ0v) is 16.7. The van der Waals surface area contributed by atoms with Crippen molar-refractivity contribution in [3.05, 3.63) is 102 Å². The van der Waals surface area contributed by atoms with Crippen LogP contribution in [0.3, 0.4) is 0 Å². The van der Waals surface area contributed by atoms with E-state index in [0.717, 1.165) is 5.75 Å². The lowest BCUT2D eigenvalue weighted by Gasteiger charge is -2.28. The molecule has 1 aliphatic rings. The highest BCUT2D eigenvalue weighted by molar-refractivity contribution is 5.88. The van der Waals surface area contributed by atoms with Crippen LogP contribution >= 0.6 is 0 Å². The second-order valence-corrected chi connectivity index (χ2v) is 7.66. The molecule has 29 heavy (non-hydrogen) atoms. The highest BCUT2D eigenvalue weighted by Gasteiger charge is 2.40. The molecule has 5 rings (SSSR count). The summed E-state index contributed by atoms with van der Waals surface area (Å²) >= 11 is 0. The van der Waals surface area contributed by atoms with Gasteiger partial charge in [-0.1, -0.05) is 72.7 Å². The fourth-order valence-electron chi connectivity index (χ4n) is 4.58. The van der Waals surface area contributed by atoms with E-state index in [1.807, 2.05) is 13.0 Å². The SMILES string of the molecule is CC#CCOc1ccc2cc(C3(C)c4ccccc4-c4ccccc43)ccc2c1. The quantitative estimate of drug-likeness (QED) is 0.368. The van der Waals surface area contributed by atoms with Crippen molar-refractivity contribution < 1.29 is 4.74 Å². The first-order valence-electron chi connectivity index (χ1n) is 9.98. The molecular formula is C28H22O. The zero-order valence-electron chi connectivity index (χ0n) is 16.7. The highest BCUT2D eigenvalue weighted by atomic mass is 16.5. The monoisotopic (exact) mass is 374 g/mol. The first-order valence-corrected chi connectivity index (χ1v) is 9.98. The van der Waals surface area contributed by atoms with Crippen LogP contribution in [0.15, 0.2) is 84.9 Å². The van der Waals surface area contributed by atoms with E-state index in [-0.39, 0.29) is 5.41 Å². The Kier molecular flexibility index (Phi) is 4.14. The van der Waals surface area contributed by atoms with Crippen molar-refractivity contribution >= 4 is 10.8 Å². The molecule has 4 aromatic carbocycles. The maximum atomic E-state index is 5.72. The summed E-state index contributed by atoms with van der Waals surface area (Å²) in [6, 6.07) is 30.6. The van der Waals surface area contributed by atoms with Crippen molar-refractivity contribution in [1.82, 2.24) is 0 Å². The van der Waals surface area contributed by atoms with Crippen LogP contribution in [0.1, 0.15) is 30.5 Å². The Morgan fingerprint density at radius 3 is 2.07 bits per heavy atom. The van der Waals surface area contributed by atoms with Crippen molar-refractivity contribution in [3.63, 3.8) is 0 Å². The van der Waals surface area contributed by atoms with Crippen molar-refractivity contribution in [3.8, 4) is 28.7 Å². The number of hydrogen-bond acceptors (Lipinski definition) is 1. The Labute approximate surface area is 172 Å². The maximum Gasteiger partial charge on any atom is 0.149 e. The standard InChI is InChI=1S/C28H22O/c1-3-4-17-29-23-16-14-20-18-22(15-13-21(20)19-23)28(2)26-11-7-5-9-24(26)25-10-6-8-12-27(25)28/h5-16,18-19H,17H2,1-2H3. The summed E-state index contributed by atoms with van der Waals surface area (Å²) in [6.45, 7) is 4.59. The molecule has 140 valence electrons. The third-order valence-corrected chi connectivity index (χ3v) is 6.10. The van der Waals surface area contributed by atoms with E-state index in [1.165, 1.54) is 38.6 Å². The first-order chi connectivity index (χ1) is 14.2. The number of ether oxygens (including phenoxy) is 1. The lowest BCUT2D eigenvalue weighted by molar-refractivity contribution is 0.371. The van der Waals surface area contributed by atoms with E-state index < -0.39 is 0 Å². The van der Waals surface area contributed by atoms with Gasteiger partial charge in [0.25, 0.3) is 0 Å². The summed E-state index contributed by atoms with van der Waals surface area (Å²) < 4.78 is 5.72. The predicted octanol–water partition coefficient (Wildman–Crippen LogP) is 6.58. The Balaban J connectivity index is 1.63. The molecule has 0 N–H and O–H groups in total. The van der Waals surface area contributed by atoms with Crippen LogP contribution in [0.4, 0.5) is 0 Å². The average molecular weight is 374 g/mol. The van der Waals surface area contributed by atoms with Crippen molar-refractivity contribution in [2.24, 2.45) is 0 Å². The lowest BCUT2D eigenvalue weighted by atomic mass is 9.74. The minimum atomic E-state index is -0.159. The topological polar surface area (TPSA) is 9.23 Å². The number of fused-ring (bicyclic) bond motifs is 4. The molecule has 0 aliphatic heterocycles. The fraction of sp³-hybridized carbons (Fsp3) is 0.143. The van der Waals surface area contributed by atoms with Gasteiger partial charge in [-0.05, 0) is 70.6 Å². The molecule has 0 radical (unpaired) electrons. The van der Waals surface area contributed by atoms with E-state index in [0.29, 0.717) is 6.61 Å². The molecule has 0 amide bonds. The third kappa shape index (κ3) is 2.72. The van der Waals surface area contributed by atoms with E-state index in [2.05, 4.69) is 97.6 Å². The van der Waals surface area contributed by atoms with Gasteiger partial charge in [-0.15, -0.1) is 5.92 Å². The molecule has 1 nitrogen and oxygen atoms in total. The van der Waals surface area contributed by atoms with Crippen LogP contribution in [0.2, 0.25) is 0 Å². The van der Waals surface area contributed by atoms with Gasteiger partial charge in [0, 0.05) is 5.41 Å². The average Bonchev–Trinajstić information content (AvgIpc) is 3.04. The molecular weight excluding hydrogens is 352 g/mol. The summed E-state index contributed by atoms with van der Waals surface area (Å²) in [5.74, 6) is 6.66. The molecule has 0 spiro atoms. The third-order valence-electron chi connectivity index (χ3n) is 6.10. The Morgan fingerprint density at radius 1 is 0.759 bits per heavy atom. The molecule has 0 saturated carbocycles. The van der Waals surface area contributed by atoms with Gasteiger partial charge in [0.05, 0.1) is 0 Å². The maximum absolute atomic E-state index is 5.72. The van der Waals surface area contributed by atoms with Crippen molar-refractivity contribution in [2.75, 3.05) is 6.61 Å². The predicted molar refractivity (Wildman–Crippen MR) is 120 cm³/mol. The molecule has 1 heteroatoms. The van der Waals surface area contributed by atoms with Gasteiger partial charge in [0.2, 0.25) is 0 Å². The molecule has 0 aromatic heterocycles. The van der Waals surface area contributed by atoms with E-state index in [1.54, 1.807) is 0 Å². The molecule has 0 heterocycles. The molecule has 0 fully saturated rings. The van der Waals surface area contributed by atoms with E-state index in [4.69, 9.17) is 4.74 Å². The Hall–Kier alpha value is -3.50. The molecule has 1 aliphatic carbocycles. The minimum Gasteiger partial charge on any atom is -0.481 e. The second kappa shape index (κ2) is 6.83. The van der Waals surface area contributed by atoms with Gasteiger partial charge < -0.3 is 4.74 Å². The number of hydrogen-bond donors (Lipinski definition) is 0. The number of rotatable bonds is 3. The van der Waals surface area contributed by atoms with Crippen LogP contribution in [0, 0.1) is 11.8 Å². The normalized spacial score (nSPS) is 13.3. The highest BCUT2D eigenvalue weighted by Crippen LogP contribution is 2.52. The molecule has 4 aromatic rings. The summed E-state index contributed by atoms with van der Waals surface area (Å²) in [6.07, 6.45) is 0. The molecule has 0 atom stereocenters.